The molecule has 1 saturated heterocycles. The van der Waals surface area contributed by atoms with Gasteiger partial charge in [-0.1, -0.05) is 18.2 Å². The van der Waals surface area contributed by atoms with Crippen molar-refractivity contribution in [3.63, 3.8) is 0 Å². The summed E-state index contributed by atoms with van der Waals surface area (Å²) < 4.78 is 41.0. The summed E-state index contributed by atoms with van der Waals surface area (Å²) in [6.45, 7) is 2.33. The molecule has 3 N–H and O–H groups in total. The van der Waals surface area contributed by atoms with Crippen LogP contribution in [0.15, 0.2) is 24.3 Å². The van der Waals surface area contributed by atoms with E-state index in [1.54, 1.807) is 12.1 Å². The lowest BCUT2D eigenvalue weighted by Crippen LogP contribution is -2.52. The van der Waals surface area contributed by atoms with Gasteiger partial charge in [-0.2, -0.15) is 0 Å². The topological polar surface area (TPSA) is 53.5 Å². The van der Waals surface area contributed by atoms with E-state index in [-0.39, 0.29) is 30.6 Å². The average Bonchev–Trinajstić information content (AvgIpc) is 2.44. The molecule has 140 valence electrons. The number of hydrogen-bond donors (Lipinski definition) is 3. The minimum Gasteiger partial charge on any atom is -0.406 e. The first-order valence-corrected chi connectivity index (χ1v) is 7.35. The van der Waals surface area contributed by atoms with Crippen molar-refractivity contribution in [1.82, 2.24) is 10.6 Å². The zero-order valence-corrected chi connectivity index (χ0v) is 14.7. The Hall–Kier alpha value is -0.730. The van der Waals surface area contributed by atoms with Gasteiger partial charge in [0.05, 0.1) is 5.60 Å². The molecule has 2 rings (SSSR count). The largest absolute Gasteiger partial charge is 0.573 e. The molecule has 1 heterocycles. The van der Waals surface area contributed by atoms with Crippen molar-refractivity contribution in [3.05, 3.63) is 29.8 Å². The number of nitrogens with one attached hydrogen (secondary N) is 2. The standard InChI is InChI=1S/C15H21F3N2O2.2ClH/c16-15(17,18)22-13-5-2-1-4-12(13)6-9-20-11-14(21)7-3-8-19-10-14;;/h1-2,4-5,19-21H,3,6-11H2;2*1H. The Bertz CT molecular complexity index is 484. The minimum atomic E-state index is -4.69. The first kappa shape index (κ1) is 23.3. The summed E-state index contributed by atoms with van der Waals surface area (Å²) in [6, 6.07) is 6.10. The highest BCUT2D eigenvalue weighted by Gasteiger charge is 2.32. The van der Waals surface area contributed by atoms with Crippen LogP contribution in [0, 0.1) is 0 Å². The number of piperidine rings is 1. The Balaban J connectivity index is 0.00000264. The molecule has 9 heteroatoms. The van der Waals surface area contributed by atoms with Gasteiger partial charge in [-0.3, -0.25) is 0 Å². The second kappa shape index (κ2) is 10.3. The number of hydrogen-bond acceptors (Lipinski definition) is 4. The highest BCUT2D eigenvalue weighted by Crippen LogP contribution is 2.26. The van der Waals surface area contributed by atoms with Gasteiger partial charge in [0.25, 0.3) is 0 Å². The predicted molar refractivity (Wildman–Crippen MR) is 91.2 cm³/mol. The summed E-state index contributed by atoms with van der Waals surface area (Å²) >= 11 is 0. The second-order valence-electron chi connectivity index (χ2n) is 5.59. The Labute approximate surface area is 152 Å². The van der Waals surface area contributed by atoms with Crippen LogP contribution in [0.2, 0.25) is 0 Å². The molecule has 1 aliphatic heterocycles. The van der Waals surface area contributed by atoms with Gasteiger partial charge in [0.1, 0.15) is 5.75 Å². The van der Waals surface area contributed by atoms with Crippen molar-refractivity contribution in [2.24, 2.45) is 0 Å². The van der Waals surface area contributed by atoms with E-state index in [0.29, 0.717) is 31.6 Å². The van der Waals surface area contributed by atoms with Crippen LogP contribution in [-0.4, -0.2) is 43.2 Å². The fraction of sp³-hybridized carbons (Fsp3) is 0.600. The molecule has 0 spiro atoms. The van der Waals surface area contributed by atoms with E-state index >= 15 is 0 Å². The van der Waals surface area contributed by atoms with Gasteiger partial charge < -0.3 is 20.5 Å². The highest BCUT2D eigenvalue weighted by molar-refractivity contribution is 5.85. The molecule has 0 amide bonds. The fourth-order valence-corrected chi connectivity index (χ4v) is 2.58. The van der Waals surface area contributed by atoms with E-state index < -0.39 is 12.0 Å². The molecule has 4 nitrogen and oxygen atoms in total. The summed E-state index contributed by atoms with van der Waals surface area (Å²) in [6.07, 6.45) is -2.65. The van der Waals surface area contributed by atoms with Crippen molar-refractivity contribution in [2.75, 3.05) is 26.2 Å². The van der Waals surface area contributed by atoms with E-state index in [4.69, 9.17) is 0 Å². The van der Waals surface area contributed by atoms with E-state index in [2.05, 4.69) is 15.4 Å². The molecule has 0 radical (unpaired) electrons. The third-order valence-electron chi connectivity index (χ3n) is 3.67. The number of alkyl halides is 3. The van der Waals surface area contributed by atoms with Gasteiger partial charge in [0.2, 0.25) is 0 Å². The molecule has 1 aromatic carbocycles. The minimum absolute atomic E-state index is 0. The summed E-state index contributed by atoms with van der Waals surface area (Å²) in [5.41, 5.74) is -0.290. The van der Waals surface area contributed by atoms with Crippen molar-refractivity contribution in [2.45, 2.75) is 31.2 Å². The number of rotatable bonds is 6. The molecule has 0 bridgehead atoms. The highest BCUT2D eigenvalue weighted by atomic mass is 35.5. The van der Waals surface area contributed by atoms with Crippen molar-refractivity contribution in [3.8, 4) is 5.75 Å². The lowest BCUT2D eigenvalue weighted by Gasteiger charge is -2.32. The normalized spacial score (nSPS) is 20.7. The van der Waals surface area contributed by atoms with Gasteiger partial charge in [-0.05, 0) is 44.0 Å². The fourth-order valence-electron chi connectivity index (χ4n) is 2.58. The monoisotopic (exact) mass is 390 g/mol. The molecule has 1 fully saturated rings. The molecule has 1 aromatic rings. The second-order valence-corrected chi connectivity index (χ2v) is 5.59. The van der Waals surface area contributed by atoms with Crippen LogP contribution in [0.3, 0.4) is 0 Å². The summed E-state index contributed by atoms with van der Waals surface area (Å²) in [5, 5.41) is 16.5. The molecule has 24 heavy (non-hydrogen) atoms. The number of ether oxygens (including phenoxy) is 1. The number of aliphatic hydroxyl groups is 1. The lowest BCUT2D eigenvalue weighted by molar-refractivity contribution is -0.274. The molecule has 0 aliphatic carbocycles. The third-order valence-corrected chi connectivity index (χ3v) is 3.67. The van der Waals surface area contributed by atoms with E-state index in [9.17, 15) is 18.3 Å². The maximum absolute atomic E-state index is 12.3. The van der Waals surface area contributed by atoms with E-state index in [1.165, 1.54) is 12.1 Å². The van der Waals surface area contributed by atoms with Crippen molar-refractivity contribution < 1.29 is 23.0 Å². The van der Waals surface area contributed by atoms with Gasteiger partial charge in [0.15, 0.2) is 0 Å². The smallest absolute Gasteiger partial charge is 0.406 e. The summed E-state index contributed by atoms with van der Waals surface area (Å²) in [7, 11) is 0. The summed E-state index contributed by atoms with van der Waals surface area (Å²) in [4.78, 5) is 0. The van der Waals surface area contributed by atoms with Crippen LogP contribution in [0.5, 0.6) is 5.75 Å². The number of halogens is 5. The molecule has 0 saturated carbocycles. The van der Waals surface area contributed by atoms with Crippen LogP contribution in [-0.2, 0) is 6.42 Å². The quantitative estimate of drug-likeness (QED) is 0.653. The molecular weight excluding hydrogens is 368 g/mol. The van der Waals surface area contributed by atoms with Crippen LogP contribution < -0.4 is 15.4 Å². The molecular formula is C15H23Cl2F3N2O2. The van der Waals surface area contributed by atoms with Crippen LogP contribution in [0.1, 0.15) is 18.4 Å². The van der Waals surface area contributed by atoms with E-state index in [0.717, 1.165) is 19.4 Å². The number of β-amino-alcohol motifs (C(OH)–C–C–N with tert-alkyl or cyclic N) is 1. The Morgan fingerprint density at radius 2 is 1.96 bits per heavy atom. The maximum atomic E-state index is 12.3. The Morgan fingerprint density at radius 3 is 2.58 bits per heavy atom. The Kier molecular flexibility index (Phi) is 9.99. The third kappa shape index (κ3) is 7.90. The summed E-state index contributed by atoms with van der Waals surface area (Å²) in [5.74, 6) is -0.171. The van der Waals surface area contributed by atoms with Gasteiger partial charge >= 0.3 is 6.36 Å². The molecule has 1 aliphatic rings. The van der Waals surface area contributed by atoms with Crippen LogP contribution in [0.4, 0.5) is 13.2 Å². The number of benzene rings is 1. The van der Waals surface area contributed by atoms with Gasteiger partial charge in [-0.25, -0.2) is 0 Å². The Morgan fingerprint density at radius 1 is 1.25 bits per heavy atom. The first-order valence-electron chi connectivity index (χ1n) is 7.35. The van der Waals surface area contributed by atoms with Crippen molar-refractivity contribution >= 4 is 24.8 Å². The van der Waals surface area contributed by atoms with E-state index in [1.807, 2.05) is 0 Å². The zero-order chi connectivity index (χ0) is 16.1. The van der Waals surface area contributed by atoms with Crippen LogP contribution >= 0.6 is 24.8 Å². The number of para-hydroxylation sites is 1. The van der Waals surface area contributed by atoms with Gasteiger partial charge in [-0.15, -0.1) is 38.0 Å². The lowest BCUT2D eigenvalue weighted by atomic mass is 9.94. The van der Waals surface area contributed by atoms with Crippen LogP contribution in [0.25, 0.3) is 0 Å². The molecule has 0 aromatic heterocycles. The molecule has 1 atom stereocenters. The van der Waals surface area contributed by atoms with Crippen molar-refractivity contribution in [1.29, 1.82) is 0 Å². The maximum Gasteiger partial charge on any atom is 0.573 e. The molecule has 1 unspecified atom stereocenters. The average molecular weight is 391 g/mol. The zero-order valence-electron chi connectivity index (χ0n) is 13.1. The van der Waals surface area contributed by atoms with Gasteiger partial charge in [0, 0.05) is 13.1 Å². The first-order chi connectivity index (χ1) is 10.4. The predicted octanol–water partition coefficient (Wildman–Crippen LogP) is 2.68. The SMILES string of the molecule is Cl.Cl.OC1(CNCCc2ccccc2OC(F)(F)F)CCCNC1.